The maximum atomic E-state index is 12.8. The summed E-state index contributed by atoms with van der Waals surface area (Å²) in [5.74, 6) is -3.73. The third kappa shape index (κ3) is 4.25. The van der Waals surface area contributed by atoms with Crippen LogP contribution in [0.15, 0.2) is 34.5 Å². The average molecular weight is 467 g/mol. The fraction of sp³-hybridized carbons (Fsp3) is 0.294. The van der Waals surface area contributed by atoms with Gasteiger partial charge < -0.3 is 26.1 Å². The predicted molar refractivity (Wildman–Crippen MR) is 111 cm³/mol. The Morgan fingerprint density at radius 3 is 2.74 bits per heavy atom. The van der Waals surface area contributed by atoms with Gasteiger partial charge in [0.1, 0.15) is 22.8 Å². The van der Waals surface area contributed by atoms with Crippen LogP contribution < -0.4 is 11.1 Å². The minimum absolute atomic E-state index is 0.0394. The molecule has 2 aliphatic heterocycles. The second kappa shape index (κ2) is 8.77. The standard InChI is InChI=1S/C17H17N5O7S2/c1-3-7-4-30-14-10(13(24)22(14)11(7)16(27)28)20-12(23)9(8-5-31-17(18)19-8)21-29-6(2)15(25)26/h3,5-6,10,14H,1,4H2,2H3,(H2,18,19)(H,20,23)(H,25,26)(H,27,28)/t6?,10?,14-/m1/s1. The number of carbonyl (C=O) groups is 4. The van der Waals surface area contributed by atoms with Crippen molar-refractivity contribution in [2.45, 2.75) is 24.4 Å². The summed E-state index contributed by atoms with van der Waals surface area (Å²) < 4.78 is 0. The highest BCUT2D eigenvalue weighted by Gasteiger charge is 2.54. The predicted octanol–water partition coefficient (Wildman–Crippen LogP) is -0.156. The molecule has 3 heterocycles. The van der Waals surface area contributed by atoms with Gasteiger partial charge in [-0.1, -0.05) is 17.8 Å². The number of β-lactam (4-membered cyclic amide) rings is 1. The summed E-state index contributed by atoms with van der Waals surface area (Å²) >= 11 is 2.30. The summed E-state index contributed by atoms with van der Waals surface area (Å²) in [6, 6.07) is -1.02. The maximum absolute atomic E-state index is 12.8. The molecule has 14 heteroatoms. The Hall–Kier alpha value is -3.39. The fourth-order valence-electron chi connectivity index (χ4n) is 2.79. The number of fused-ring (bicyclic) bond motifs is 1. The van der Waals surface area contributed by atoms with E-state index in [2.05, 4.69) is 22.0 Å². The highest BCUT2D eigenvalue weighted by atomic mass is 32.2. The first-order valence-electron chi connectivity index (χ1n) is 8.68. The number of carboxylic acids is 2. The Labute approximate surface area is 183 Å². The molecule has 2 aliphatic rings. The number of hydrogen-bond acceptors (Lipinski definition) is 10. The zero-order valence-corrected chi connectivity index (χ0v) is 17.6. The number of amides is 2. The lowest BCUT2D eigenvalue weighted by Gasteiger charge is -2.49. The molecule has 31 heavy (non-hydrogen) atoms. The highest BCUT2D eigenvalue weighted by molar-refractivity contribution is 8.00. The van der Waals surface area contributed by atoms with E-state index in [1.807, 2.05) is 0 Å². The molecule has 2 amide bonds. The van der Waals surface area contributed by atoms with E-state index in [0.29, 0.717) is 11.3 Å². The Morgan fingerprint density at radius 2 is 2.19 bits per heavy atom. The Morgan fingerprint density at radius 1 is 1.48 bits per heavy atom. The van der Waals surface area contributed by atoms with E-state index < -0.39 is 41.3 Å². The van der Waals surface area contributed by atoms with Crippen LogP contribution in [0.5, 0.6) is 0 Å². The smallest absolute Gasteiger partial charge is 0.352 e. The number of nitrogens with zero attached hydrogens (tertiary/aromatic N) is 3. The van der Waals surface area contributed by atoms with Crippen molar-refractivity contribution in [1.82, 2.24) is 15.2 Å². The Bertz CT molecular complexity index is 1030. The maximum Gasteiger partial charge on any atom is 0.352 e. The Balaban J connectivity index is 1.82. The zero-order valence-electron chi connectivity index (χ0n) is 16.0. The number of aromatic nitrogens is 1. The van der Waals surface area contributed by atoms with Gasteiger partial charge in [-0.25, -0.2) is 14.6 Å². The lowest BCUT2D eigenvalue weighted by Crippen LogP contribution is -2.71. The number of nitrogen functional groups attached to an aromatic ring is 1. The number of oxime groups is 1. The van der Waals surface area contributed by atoms with Crippen molar-refractivity contribution in [1.29, 1.82) is 0 Å². The van der Waals surface area contributed by atoms with Gasteiger partial charge in [-0.05, 0) is 12.5 Å². The van der Waals surface area contributed by atoms with Gasteiger partial charge in [0.15, 0.2) is 10.8 Å². The number of aliphatic carboxylic acids is 2. The first-order chi connectivity index (χ1) is 14.6. The number of allylic oxidation sites excluding steroid dienone is 1. The van der Waals surface area contributed by atoms with E-state index in [4.69, 9.17) is 15.7 Å². The minimum atomic E-state index is -1.34. The molecule has 0 aromatic carbocycles. The molecule has 3 rings (SSSR count). The van der Waals surface area contributed by atoms with Gasteiger partial charge >= 0.3 is 11.9 Å². The summed E-state index contributed by atoms with van der Waals surface area (Å²) in [7, 11) is 0. The van der Waals surface area contributed by atoms with Crippen LogP contribution in [0, 0.1) is 0 Å². The van der Waals surface area contributed by atoms with Crippen LogP contribution in [0.1, 0.15) is 12.6 Å². The van der Waals surface area contributed by atoms with E-state index in [1.54, 1.807) is 0 Å². The molecular formula is C17H17N5O7S2. The monoisotopic (exact) mass is 467 g/mol. The number of carbonyl (C=O) groups excluding carboxylic acids is 2. The molecular weight excluding hydrogens is 450 g/mol. The van der Waals surface area contributed by atoms with Crippen molar-refractivity contribution in [3.8, 4) is 0 Å². The molecule has 2 unspecified atom stereocenters. The lowest BCUT2D eigenvalue weighted by molar-refractivity contribution is -0.150. The average Bonchev–Trinajstić information content (AvgIpc) is 3.16. The summed E-state index contributed by atoms with van der Waals surface area (Å²) in [5.41, 5.74) is 5.50. The zero-order chi connectivity index (χ0) is 22.9. The van der Waals surface area contributed by atoms with Crippen molar-refractivity contribution in [3.63, 3.8) is 0 Å². The van der Waals surface area contributed by atoms with Crippen LogP contribution in [0.2, 0.25) is 0 Å². The van der Waals surface area contributed by atoms with Crippen LogP contribution >= 0.6 is 23.1 Å². The number of hydrogen-bond donors (Lipinski definition) is 4. The molecule has 0 bridgehead atoms. The summed E-state index contributed by atoms with van der Waals surface area (Å²) in [6.45, 7) is 4.79. The van der Waals surface area contributed by atoms with Crippen LogP contribution in [0.25, 0.3) is 0 Å². The molecule has 0 saturated carbocycles. The molecule has 1 fully saturated rings. The van der Waals surface area contributed by atoms with E-state index in [-0.39, 0.29) is 22.2 Å². The normalized spacial score (nSPS) is 21.6. The van der Waals surface area contributed by atoms with E-state index in [1.165, 1.54) is 30.1 Å². The number of anilines is 1. The molecule has 0 radical (unpaired) electrons. The summed E-state index contributed by atoms with van der Waals surface area (Å²) in [5, 5.41) is 25.4. The first kappa shape index (κ1) is 22.3. The van der Waals surface area contributed by atoms with Crippen molar-refractivity contribution >= 4 is 57.7 Å². The van der Waals surface area contributed by atoms with Gasteiger partial charge in [-0.15, -0.1) is 23.1 Å². The molecule has 1 aromatic rings. The molecule has 3 atom stereocenters. The number of carboxylic acid groups (broad SMARTS) is 2. The number of nitrogens with one attached hydrogen (secondary N) is 1. The molecule has 0 spiro atoms. The number of thiazole rings is 1. The van der Waals surface area contributed by atoms with Gasteiger partial charge in [-0.3, -0.25) is 14.5 Å². The quantitative estimate of drug-likeness (QED) is 0.227. The van der Waals surface area contributed by atoms with Crippen LogP contribution in [-0.2, 0) is 24.0 Å². The molecule has 0 aliphatic carbocycles. The topological polar surface area (TPSA) is 185 Å². The van der Waals surface area contributed by atoms with Crippen LogP contribution in [-0.4, -0.2) is 72.8 Å². The van der Waals surface area contributed by atoms with Crippen molar-refractivity contribution in [2.24, 2.45) is 5.16 Å². The highest BCUT2D eigenvalue weighted by Crippen LogP contribution is 2.40. The van der Waals surface area contributed by atoms with Crippen molar-refractivity contribution in [2.75, 3.05) is 11.5 Å². The molecule has 164 valence electrons. The van der Waals surface area contributed by atoms with Gasteiger partial charge in [0, 0.05) is 11.1 Å². The molecule has 1 aromatic heterocycles. The SMILES string of the molecule is C=CC1=C(C(=O)O)N2C(=O)C(NC(=O)C(=NOC(C)C(=O)O)c3csc(N)n3)[C@H]2SC1. The summed E-state index contributed by atoms with van der Waals surface area (Å²) in [6.07, 6.45) is 0.0404. The van der Waals surface area contributed by atoms with E-state index >= 15 is 0 Å². The number of rotatable bonds is 8. The fourth-order valence-corrected chi connectivity index (χ4v) is 4.67. The van der Waals surface area contributed by atoms with Gasteiger partial charge in [-0.2, -0.15) is 0 Å². The van der Waals surface area contributed by atoms with Crippen molar-refractivity contribution < 1.29 is 34.2 Å². The van der Waals surface area contributed by atoms with E-state index in [9.17, 15) is 24.3 Å². The minimum Gasteiger partial charge on any atom is -0.478 e. The van der Waals surface area contributed by atoms with Crippen LogP contribution in [0.4, 0.5) is 5.13 Å². The molecule has 12 nitrogen and oxygen atoms in total. The molecule has 1 saturated heterocycles. The lowest BCUT2D eigenvalue weighted by atomic mass is 10.0. The Kier molecular flexibility index (Phi) is 6.31. The third-order valence-electron chi connectivity index (χ3n) is 4.36. The first-order valence-corrected chi connectivity index (χ1v) is 10.6. The number of thioether (sulfide) groups is 1. The largest absolute Gasteiger partial charge is 0.478 e. The second-order valence-electron chi connectivity index (χ2n) is 6.34. The van der Waals surface area contributed by atoms with Crippen LogP contribution in [0.3, 0.4) is 0 Å². The second-order valence-corrected chi connectivity index (χ2v) is 8.34. The van der Waals surface area contributed by atoms with Gasteiger partial charge in [0.05, 0.1) is 0 Å². The summed E-state index contributed by atoms with van der Waals surface area (Å²) in [4.78, 5) is 57.9. The van der Waals surface area contributed by atoms with E-state index in [0.717, 1.165) is 16.2 Å². The third-order valence-corrected chi connectivity index (χ3v) is 6.34. The van der Waals surface area contributed by atoms with Crippen molar-refractivity contribution in [3.05, 3.63) is 35.0 Å². The molecule has 5 N–H and O–H groups in total. The van der Waals surface area contributed by atoms with Gasteiger partial charge in [0.2, 0.25) is 6.10 Å². The van der Waals surface area contributed by atoms with Gasteiger partial charge in [0.25, 0.3) is 11.8 Å². The number of nitrogens with two attached hydrogens (primary N) is 1.